The summed E-state index contributed by atoms with van der Waals surface area (Å²) < 4.78 is 0. The Bertz CT molecular complexity index is 872. The Kier molecular flexibility index (Phi) is 3.87. The Labute approximate surface area is 139 Å². The van der Waals surface area contributed by atoms with Crippen molar-refractivity contribution >= 4 is 63.4 Å². The fourth-order valence-electron chi connectivity index (χ4n) is 1.99. The standard InChI is InChI=1S/C14H8Cl3N3O2/c15-7-2-1-3-8(16)12(7)20-14-18-10-4-6(13(21)22)9(17)5-11(10)19-14/h1-5H,(H,21,22)(H2,18,19,20). The van der Waals surface area contributed by atoms with Crippen molar-refractivity contribution in [3.8, 4) is 0 Å². The Morgan fingerprint density at radius 3 is 2.45 bits per heavy atom. The van der Waals surface area contributed by atoms with Crippen molar-refractivity contribution in [2.75, 3.05) is 5.32 Å². The summed E-state index contributed by atoms with van der Waals surface area (Å²) in [6, 6.07) is 8.02. The number of carbonyl (C=O) groups is 1. The van der Waals surface area contributed by atoms with Crippen molar-refractivity contribution in [1.82, 2.24) is 9.97 Å². The van der Waals surface area contributed by atoms with Crippen molar-refractivity contribution in [1.29, 1.82) is 0 Å². The summed E-state index contributed by atoms with van der Waals surface area (Å²) >= 11 is 18.1. The lowest BCUT2D eigenvalue weighted by atomic mass is 10.2. The molecule has 0 bridgehead atoms. The quantitative estimate of drug-likeness (QED) is 0.619. The number of H-pyrrole nitrogens is 1. The molecule has 3 N–H and O–H groups in total. The molecule has 0 radical (unpaired) electrons. The van der Waals surface area contributed by atoms with Gasteiger partial charge >= 0.3 is 5.97 Å². The van der Waals surface area contributed by atoms with Crippen LogP contribution in [0.15, 0.2) is 30.3 Å². The molecular formula is C14H8Cl3N3O2. The van der Waals surface area contributed by atoms with E-state index in [2.05, 4.69) is 15.3 Å². The lowest BCUT2D eigenvalue weighted by Crippen LogP contribution is -1.96. The Morgan fingerprint density at radius 2 is 1.82 bits per heavy atom. The lowest BCUT2D eigenvalue weighted by Gasteiger charge is -2.06. The predicted molar refractivity (Wildman–Crippen MR) is 87.8 cm³/mol. The molecule has 8 heteroatoms. The van der Waals surface area contributed by atoms with Gasteiger partial charge in [-0.15, -0.1) is 0 Å². The minimum Gasteiger partial charge on any atom is -0.478 e. The highest BCUT2D eigenvalue weighted by Crippen LogP contribution is 2.32. The largest absolute Gasteiger partial charge is 0.478 e. The van der Waals surface area contributed by atoms with Crippen molar-refractivity contribution in [3.63, 3.8) is 0 Å². The van der Waals surface area contributed by atoms with Gasteiger partial charge in [0.25, 0.3) is 0 Å². The fraction of sp³-hybridized carbons (Fsp3) is 0. The summed E-state index contributed by atoms with van der Waals surface area (Å²) in [6.07, 6.45) is 0. The van der Waals surface area contributed by atoms with Crippen LogP contribution in [0, 0.1) is 0 Å². The van der Waals surface area contributed by atoms with Gasteiger partial charge in [0, 0.05) is 0 Å². The molecule has 0 amide bonds. The highest BCUT2D eigenvalue weighted by molar-refractivity contribution is 6.39. The van der Waals surface area contributed by atoms with Crippen LogP contribution in [0.5, 0.6) is 0 Å². The normalized spacial score (nSPS) is 10.9. The molecule has 2 aromatic carbocycles. The minimum atomic E-state index is -1.11. The maximum absolute atomic E-state index is 11.1. The second kappa shape index (κ2) is 5.68. The average molecular weight is 357 g/mol. The van der Waals surface area contributed by atoms with Crippen molar-refractivity contribution < 1.29 is 9.90 Å². The molecular weight excluding hydrogens is 349 g/mol. The van der Waals surface area contributed by atoms with Gasteiger partial charge in [-0.1, -0.05) is 40.9 Å². The molecule has 0 spiro atoms. The summed E-state index contributed by atoms with van der Waals surface area (Å²) in [5.74, 6) is -0.734. The third kappa shape index (κ3) is 2.70. The maximum Gasteiger partial charge on any atom is 0.337 e. The van der Waals surface area contributed by atoms with Crippen LogP contribution in [0.4, 0.5) is 11.6 Å². The third-order valence-corrected chi connectivity index (χ3v) is 3.95. The number of carboxylic acid groups (broad SMARTS) is 1. The zero-order chi connectivity index (χ0) is 15.9. The number of hydrogen-bond donors (Lipinski definition) is 3. The topological polar surface area (TPSA) is 78.0 Å². The van der Waals surface area contributed by atoms with Gasteiger partial charge in [-0.25, -0.2) is 9.78 Å². The van der Waals surface area contributed by atoms with Gasteiger partial charge in [0.2, 0.25) is 5.95 Å². The summed E-state index contributed by atoms with van der Waals surface area (Å²) in [4.78, 5) is 18.3. The summed E-state index contributed by atoms with van der Waals surface area (Å²) in [5.41, 5.74) is 1.56. The number of carboxylic acids is 1. The predicted octanol–water partition coefficient (Wildman–Crippen LogP) is 4.96. The summed E-state index contributed by atoms with van der Waals surface area (Å²) in [7, 11) is 0. The molecule has 5 nitrogen and oxygen atoms in total. The van der Waals surface area contributed by atoms with Gasteiger partial charge in [0.1, 0.15) is 0 Å². The Hall–Kier alpha value is -1.95. The molecule has 0 aliphatic carbocycles. The summed E-state index contributed by atoms with van der Waals surface area (Å²) in [6.45, 7) is 0. The first-order valence-corrected chi connectivity index (χ1v) is 7.22. The Morgan fingerprint density at radius 1 is 1.14 bits per heavy atom. The zero-order valence-electron chi connectivity index (χ0n) is 10.8. The van der Waals surface area contributed by atoms with E-state index in [1.165, 1.54) is 12.1 Å². The van der Waals surface area contributed by atoms with Gasteiger partial charge < -0.3 is 15.4 Å². The van der Waals surface area contributed by atoms with Gasteiger partial charge in [0.05, 0.1) is 37.4 Å². The number of imidazole rings is 1. The molecule has 0 aliphatic heterocycles. The number of hydrogen-bond acceptors (Lipinski definition) is 3. The number of aromatic nitrogens is 2. The molecule has 0 saturated heterocycles. The van der Waals surface area contributed by atoms with E-state index in [4.69, 9.17) is 39.9 Å². The highest BCUT2D eigenvalue weighted by atomic mass is 35.5. The Balaban J connectivity index is 2.04. The van der Waals surface area contributed by atoms with Crippen molar-refractivity contribution in [2.45, 2.75) is 0 Å². The number of para-hydroxylation sites is 1. The third-order valence-electron chi connectivity index (χ3n) is 3.01. The van der Waals surface area contributed by atoms with Crippen LogP contribution in [-0.4, -0.2) is 21.0 Å². The average Bonchev–Trinajstić information content (AvgIpc) is 2.83. The molecule has 0 unspecified atom stereocenters. The van der Waals surface area contributed by atoms with E-state index in [-0.39, 0.29) is 10.6 Å². The van der Waals surface area contributed by atoms with E-state index in [0.29, 0.717) is 32.7 Å². The number of anilines is 2. The van der Waals surface area contributed by atoms with E-state index in [1.54, 1.807) is 18.2 Å². The second-order valence-corrected chi connectivity index (χ2v) is 5.68. The van der Waals surface area contributed by atoms with Crippen LogP contribution < -0.4 is 5.32 Å². The molecule has 112 valence electrons. The first kappa shape index (κ1) is 15.0. The number of aromatic amines is 1. The van der Waals surface area contributed by atoms with E-state index < -0.39 is 5.97 Å². The molecule has 1 aromatic heterocycles. The molecule has 0 saturated carbocycles. The maximum atomic E-state index is 11.1. The van der Waals surface area contributed by atoms with Crippen LogP contribution in [0.3, 0.4) is 0 Å². The van der Waals surface area contributed by atoms with Crippen LogP contribution in [0.1, 0.15) is 10.4 Å². The van der Waals surface area contributed by atoms with Crippen LogP contribution >= 0.6 is 34.8 Å². The highest BCUT2D eigenvalue weighted by Gasteiger charge is 2.14. The number of nitrogens with zero attached hydrogens (tertiary/aromatic N) is 1. The van der Waals surface area contributed by atoms with Crippen LogP contribution in [-0.2, 0) is 0 Å². The number of fused-ring (bicyclic) bond motifs is 1. The number of nitrogens with one attached hydrogen (secondary N) is 2. The van der Waals surface area contributed by atoms with Gasteiger partial charge in [0.15, 0.2) is 0 Å². The molecule has 3 aromatic rings. The second-order valence-electron chi connectivity index (χ2n) is 4.46. The van der Waals surface area contributed by atoms with Crippen LogP contribution in [0.2, 0.25) is 15.1 Å². The van der Waals surface area contributed by atoms with Crippen LogP contribution in [0.25, 0.3) is 11.0 Å². The summed E-state index contributed by atoms with van der Waals surface area (Å²) in [5, 5.41) is 13.1. The lowest BCUT2D eigenvalue weighted by molar-refractivity contribution is 0.0697. The van der Waals surface area contributed by atoms with E-state index in [0.717, 1.165) is 0 Å². The monoisotopic (exact) mass is 355 g/mol. The van der Waals surface area contributed by atoms with E-state index in [1.807, 2.05) is 0 Å². The number of rotatable bonds is 3. The molecule has 3 rings (SSSR count). The molecule has 22 heavy (non-hydrogen) atoms. The minimum absolute atomic E-state index is 0.0111. The fourth-order valence-corrected chi connectivity index (χ4v) is 2.73. The van der Waals surface area contributed by atoms with Gasteiger partial charge in [-0.3, -0.25) is 0 Å². The van der Waals surface area contributed by atoms with Gasteiger partial charge in [-0.2, -0.15) is 0 Å². The van der Waals surface area contributed by atoms with E-state index >= 15 is 0 Å². The van der Waals surface area contributed by atoms with Gasteiger partial charge in [-0.05, 0) is 24.3 Å². The number of halogens is 3. The smallest absolute Gasteiger partial charge is 0.337 e. The van der Waals surface area contributed by atoms with Crippen molar-refractivity contribution in [3.05, 3.63) is 51.0 Å². The molecule has 0 atom stereocenters. The van der Waals surface area contributed by atoms with Crippen molar-refractivity contribution in [2.24, 2.45) is 0 Å². The first-order chi connectivity index (χ1) is 10.5. The zero-order valence-corrected chi connectivity index (χ0v) is 13.1. The number of benzene rings is 2. The first-order valence-electron chi connectivity index (χ1n) is 6.09. The molecule has 0 aliphatic rings. The molecule has 0 fully saturated rings. The van der Waals surface area contributed by atoms with E-state index in [9.17, 15) is 4.79 Å². The number of aromatic carboxylic acids is 1. The molecule has 1 heterocycles. The SMILES string of the molecule is O=C(O)c1cc2nc(Nc3c(Cl)cccc3Cl)[nH]c2cc1Cl.